The topological polar surface area (TPSA) is 9.23 Å². The first kappa shape index (κ1) is 10.6. The van der Waals surface area contributed by atoms with Crippen LogP contribution < -0.4 is 0 Å². The highest BCUT2D eigenvalue weighted by Crippen LogP contribution is 2.40. The van der Waals surface area contributed by atoms with Gasteiger partial charge >= 0.3 is 0 Å². The summed E-state index contributed by atoms with van der Waals surface area (Å²) in [6, 6.07) is 6.61. The largest absolute Gasteiger partial charge is 0.490 e. The van der Waals surface area contributed by atoms with Gasteiger partial charge in [-0.15, -0.1) is 0 Å². The molecular weight excluding hydrogens is 208 g/mol. The van der Waals surface area contributed by atoms with E-state index in [4.69, 9.17) is 4.74 Å². The van der Waals surface area contributed by atoms with Crippen molar-refractivity contribution in [2.24, 2.45) is 0 Å². The minimum atomic E-state index is -0.162. The van der Waals surface area contributed by atoms with Gasteiger partial charge in [0.05, 0.1) is 6.26 Å². The van der Waals surface area contributed by atoms with E-state index in [9.17, 15) is 0 Å². The molecule has 1 heterocycles. The Hall–Kier alpha value is -1.50. The van der Waals surface area contributed by atoms with E-state index in [1.807, 2.05) is 6.26 Å². The predicted molar refractivity (Wildman–Crippen MR) is 70.6 cm³/mol. The van der Waals surface area contributed by atoms with Crippen LogP contribution in [0, 0.1) is 0 Å². The first-order chi connectivity index (χ1) is 8.23. The number of benzene rings is 1. The van der Waals surface area contributed by atoms with Crippen molar-refractivity contribution in [2.45, 2.75) is 38.7 Å². The van der Waals surface area contributed by atoms with Crippen molar-refractivity contribution >= 4 is 6.08 Å². The summed E-state index contributed by atoms with van der Waals surface area (Å²) < 4.78 is 5.81. The molecule has 1 unspecified atom stereocenters. The van der Waals surface area contributed by atoms with Crippen molar-refractivity contribution in [2.75, 3.05) is 0 Å². The van der Waals surface area contributed by atoms with Crippen LogP contribution in [-0.2, 0) is 16.8 Å². The van der Waals surface area contributed by atoms with Crippen LogP contribution in [0.5, 0.6) is 0 Å². The maximum Gasteiger partial charge on any atom is 0.134 e. The first-order valence-electron chi connectivity index (χ1n) is 6.37. The Morgan fingerprint density at radius 2 is 2.24 bits per heavy atom. The molecule has 0 saturated carbocycles. The molecular formula is C16H18O. The lowest BCUT2D eigenvalue weighted by Gasteiger charge is -2.26. The van der Waals surface area contributed by atoms with E-state index in [1.165, 1.54) is 22.3 Å². The average Bonchev–Trinajstić information content (AvgIpc) is 2.94. The van der Waals surface area contributed by atoms with Crippen LogP contribution in [0.2, 0.25) is 0 Å². The van der Waals surface area contributed by atoms with Gasteiger partial charge in [-0.2, -0.15) is 0 Å². The zero-order valence-corrected chi connectivity index (χ0v) is 10.5. The molecule has 17 heavy (non-hydrogen) atoms. The smallest absolute Gasteiger partial charge is 0.134 e. The molecule has 1 atom stereocenters. The zero-order valence-electron chi connectivity index (χ0n) is 10.5. The molecule has 88 valence electrons. The zero-order chi connectivity index (χ0) is 11.9. The number of rotatable bonds is 2. The van der Waals surface area contributed by atoms with E-state index in [0.29, 0.717) is 0 Å². The molecule has 0 aromatic heterocycles. The Bertz CT molecular complexity index is 500. The Morgan fingerprint density at radius 1 is 1.35 bits per heavy atom. The van der Waals surface area contributed by atoms with Gasteiger partial charge in [0, 0.05) is 12.0 Å². The van der Waals surface area contributed by atoms with Crippen LogP contribution in [0.25, 0.3) is 6.08 Å². The summed E-state index contributed by atoms with van der Waals surface area (Å²) in [5.41, 5.74) is 5.56. The van der Waals surface area contributed by atoms with E-state index in [2.05, 4.69) is 44.2 Å². The van der Waals surface area contributed by atoms with Gasteiger partial charge in [-0.25, -0.2) is 0 Å². The number of hydrogen-bond acceptors (Lipinski definition) is 1. The standard InChI is InChI=1S/C16H18O/c1-3-12-10-13-6-4-7-15(14(13)11-12)16(2)8-5-9-17-16/h4-7,9,11H,3,8,10H2,1-2H3. The Morgan fingerprint density at radius 3 is 2.94 bits per heavy atom. The van der Waals surface area contributed by atoms with Crippen LogP contribution in [0.15, 0.2) is 36.1 Å². The van der Waals surface area contributed by atoms with Crippen LogP contribution in [0.3, 0.4) is 0 Å². The fraction of sp³-hybridized carbons (Fsp3) is 0.375. The van der Waals surface area contributed by atoms with Gasteiger partial charge in [0.2, 0.25) is 0 Å². The number of ether oxygens (including phenoxy) is 1. The molecule has 2 aliphatic rings. The highest BCUT2D eigenvalue weighted by Gasteiger charge is 2.33. The van der Waals surface area contributed by atoms with E-state index in [-0.39, 0.29) is 5.60 Å². The maximum absolute atomic E-state index is 5.81. The third kappa shape index (κ3) is 1.61. The molecule has 0 N–H and O–H groups in total. The predicted octanol–water partition coefficient (Wildman–Crippen LogP) is 4.19. The second-order valence-corrected chi connectivity index (χ2v) is 5.14. The lowest BCUT2D eigenvalue weighted by Crippen LogP contribution is -2.21. The van der Waals surface area contributed by atoms with Crippen molar-refractivity contribution in [1.82, 2.24) is 0 Å². The van der Waals surface area contributed by atoms with Crippen molar-refractivity contribution in [3.05, 3.63) is 52.8 Å². The highest BCUT2D eigenvalue weighted by molar-refractivity contribution is 5.67. The SMILES string of the molecule is CCC1=Cc2c(cccc2C2(C)CC=CO2)C1. The van der Waals surface area contributed by atoms with Crippen LogP contribution in [0.4, 0.5) is 0 Å². The minimum absolute atomic E-state index is 0.162. The fourth-order valence-corrected chi connectivity index (χ4v) is 2.82. The Kier molecular flexibility index (Phi) is 2.36. The summed E-state index contributed by atoms with van der Waals surface area (Å²) in [6.07, 6.45) is 9.53. The average molecular weight is 226 g/mol. The molecule has 1 nitrogen and oxygen atoms in total. The van der Waals surface area contributed by atoms with Gasteiger partial charge in [0.1, 0.15) is 5.60 Å². The molecule has 0 saturated heterocycles. The molecule has 1 aliphatic heterocycles. The summed E-state index contributed by atoms with van der Waals surface area (Å²) in [5, 5.41) is 0. The van der Waals surface area contributed by atoms with Gasteiger partial charge in [-0.1, -0.05) is 36.8 Å². The normalized spacial score (nSPS) is 25.6. The van der Waals surface area contributed by atoms with Crippen molar-refractivity contribution in [3.63, 3.8) is 0 Å². The summed E-state index contributed by atoms with van der Waals surface area (Å²) in [4.78, 5) is 0. The Balaban J connectivity index is 2.08. The maximum atomic E-state index is 5.81. The second kappa shape index (κ2) is 3.76. The summed E-state index contributed by atoms with van der Waals surface area (Å²) in [7, 11) is 0. The molecule has 3 rings (SSSR count). The summed E-state index contributed by atoms with van der Waals surface area (Å²) in [6.45, 7) is 4.41. The number of hydrogen-bond donors (Lipinski definition) is 0. The number of fused-ring (bicyclic) bond motifs is 1. The molecule has 1 heteroatoms. The number of allylic oxidation sites excluding steroid dienone is 1. The highest BCUT2D eigenvalue weighted by atomic mass is 16.5. The fourth-order valence-electron chi connectivity index (χ4n) is 2.82. The molecule has 0 bridgehead atoms. The molecule has 1 aliphatic carbocycles. The molecule has 1 aromatic rings. The quantitative estimate of drug-likeness (QED) is 0.735. The van der Waals surface area contributed by atoms with Gasteiger partial charge < -0.3 is 4.74 Å². The molecule has 1 aromatic carbocycles. The van der Waals surface area contributed by atoms with Crippen molar-refractivity contribution in [3.8, 4) is 0 Å². The molecule has 0 radical (unpaired) electrons. The van der Waals surface area contributed by atoms with Crippen molar-refractivity contribution in [1.29, 1.82) is 0 Å². The van der Waals surface area contributed by atoms with Gasteiger partial charge in [-0.05, 0) is 37.0 Å². The van der Waals surface area contributed by atoms with E-state index in [0.717, 1.165) is 19.3 Å². The lowest BCUT2D eigenvalue weighted by atomic mass is 9.88. The summed E-state index contributed by atoms with van der Waals surface area (Å²) >= 11 is 0. The third-order valence-electron chi connectivity index (χ3n) is 3.92. The van der Waals surface area contributed by atoms with E-state index in [1.54, 1.807) is 0 Å². The second-order valence-electron chi connectivity index (χ2n) is 5.14. The van der Waals surface area contributed by atoms with Gasteiger partial charge in [0.25, 0.3) is 0 Å². The van der Waals surface area contributed by atoms with E-state index < -0.39 is 0 Å². The lowest BCUT2D eigenvalue weighted by molar-refractivity contribution is 0.0607. The van der Waals surface area contributed by atoms with Gasteiger partial charge in [-0.3, -0.25) is 0 Å². The van der Waals surface area contributed by atoms with E-state index >= 15 is 0 Å². The molecule has 0 amide bonds. The third-order valence-corrected chi connectivity index (χ3v) is 3.92. The summed E-state index contributed by atoms with van der Waals surface area (Å²) in [5.74, 6) is 0. The minimum Gasteiger partial charge on any atom is -0.490 e. The van der Waals surface area contributed by atoms with Gasteiger partial charge in [0.15, 0.2) is 0 Å². The van der Waals surface area contributed by atoms with Crippen LogP contribution >= 0.6 is 0 Å². The monoisotopic (exact) mass is 226 g/mol. The first-order valence-corrected chi connectivity index (χ1v) is 6.37. The van der Waals surface area contributed by atoms with Crippen LogP contribution in [0.1, 0.15) is 43.4 Å². The molecule has 0 spiro atoms. The van der Waals surface area contributed by atoms with Crippen LogP contribution in [-0.4, -0.2) is 0 Å². The Labute approximate surface area is 103 Å². The van der Waals surface area contributed by atoms with Crippen molar-refractivity contribution < 1.29 is 4.74 Å². The molecule has 0 fully saturated rings.